The molecule has 3 nitrogen and oxygen atoms in total. The number of rotatable bonds is 6. The molecule has 0 atom stereocenters. The third-order valence-corrected chi connectivity index (χ3v) is 3.75. The molecule has 0 heterocycles. The van der Waals surface area contributed by atoms with Crippen molar-refractivity contribution in [2.75, 3.05) is 13.7 Å². The zero-order valence-electron chi connectivity index (χ0n) is 12.4. The van der Waals surface area contributed by atoms with Gasteiger partial charge >= 0.3 is 0 Å². The summed E-state index contributed by atoms with van der Waals surface area (Å²) in [6.45, 7) is 3.13. The normalized spacial score (nSPS) is 10.5. The standard InChI is InChI=1S/C17H20BrNO2/c1-12-3-5-16(20-2)14(9-12)11-21-17-6-4-15(18)10-13(17)7-8-19/h3-6,9-10H,7-8,11,19H2,1-2H3. The summed E-state index contributed by atoms with van der Waals surface area (Å²) in [5.74, 6) is 1.71. The van der Waals surface area contributed by atoms with Crippen LogP contribution in [0.15, 0.2) is 40.9 Å². The van der Waals surface area contributed by atoms with Crippen LogP contribution in [0.25, 0.3) is 0 Å². The molecule has 2 rings (SSSR count). The molecule has 0 unspecified atom stereocenters. The Morgan fingerprint density at radius 3 is 2.52 bits per heavy atom. The zero-order valence-corrected chi connectivity index (χ0v) is 13.9. The summed E-state index contributed by atoms with van der Waals surface area (Å²) in [7, 11) is 1.67. The van der Waals surface area contributed by atoms with Crippen LogP contribution in [0.2, 0.25) is 0 Å². The van der Waals surface area contributed by atoms with Gasteiger partial charge in [-0.1, -0.05) is 27.6 Å². The molecule has 21 heavy (non-hydrogen) atoms. The molecule has 0 radical (unpaired) electrons. The van der Waals surface area contributed by atoms with Crippen LogP contribution >= 0.6 is 15.9 Å². The lowest BCUT2D eigenvalue weighted by Gasteiger charge is -2.14. The largest absolute Gasteiger partial charge is 0.496 e. The van der Waals surface area contributed by atoms with E-state index >= 15 is 0 Å². The molecule has 4 heteroatoms. The minimum atomic E-state index is 0.476. The summed E-state index contributed by atoms with van der Waals surface area (Å²) in [5.41, 5.74) is 9.00. The minimum absolute atomic E-state index is 0.476. The third-order valence-electron chi connectivity index (χ3n) is 3.26. The Bertz CT molecular complexity index is 614. The molecule has 0 aliphatic rings. The Hall–Kier alpha value is -1.52. The fourth-order valence-electron chi connectivity index (χ4n) is 2.22. The molecular formula is C17H20BrNO2. The van der Waals surface area contributed by atoms with Crippen LogP contribution in [0.3, 0.4) is 0 Å². The van der Waals surface area contributed by atoms with Gasteiger partial charge in [-0.25, -0.2) is 0 Å². The molecule has 0 saturated heterocycles. The van der Waals surface area contributed by atoms with E-state index in [2.05, 4.69) is 35.0 Å². The summed E-state index contributed by atoms with van der Waals surface area (Å²) in [6, 6.07) is 12.1. The molecule has 0 aliphatic carbocycles. The van der Waals surface area contributed by atoms with Crippen molar-refractivity contribution in [1.29, 1.82) is 0 Å². The van der Waals surface area contributed by atoms with Crippen LogP contribution in [0.1, 0.15) is 16.7 Å². The quantitative estimate of drug-likeness (QED) is 0.861. The van der Waals surface area contributed by atoms with Crippen LogP contribution in [0.5, 0.6) is 11.5 Å². The summed E-state index contributed by atoms with van der Waals surface area (Å²) >= 11 is 3.48. The van der Waals surface area contributed by atoms with E-state index in [4.69, 9.17) is 15.2 Å². The van der Waals surface area contributed by atoms with E-state index in [9.17, 15) is 0 Å². The number of nitrogens with two attached hydrogens (primary N) is 1. The second kappa shape index (κ2) is 7.48. The van der Waals surface area contributed by atoms with Gasteiger partial charge in [-0.2, -0.15) is 0 Å². The number of benzene rings is 2. The first-order valence-corrected chi connectivity index (χ1v) is 7.68. The van der Waals surface area contributed by atoms with Crippen LogP contribution in [-0.2, 0) is 13.0 Å². The van der Waals surface area contributed by atoms with E-state index in [1.54, 1.807) is 7.11 Å². The number of aryl methyl sites for hydroxylation is 1. The number of methoxy groups -OCH3 is 1. The van der Waals surface area contributed by atoms with Gasteiger partial charge in [-0.3, -0.25) is 0 Å². The second-order valence-electron chi connectivity index (χ2n) is 4.89. The number of halogens is 1. The second-order valence-corrected chi connectivity index (χ2v) is 5.81. The van der Waals surface area contributed by atoms with E-state index in [-0.39, 0.29) is 0 Å². The number of hydrogen-bond donors (Lipinski definition) is 1. The topological polar surface area (TPSA) is 44.5 Å². The van der Waals surface area contributed by atoms with Crippen molar-refractivity contribution in [3.63, 3.8) is 0 Å². The predicted octanol–water partition coefficient (Wildman–Crippen LogP) is 3.85. The average Bonchev–Trinajstić information content (AvgIpc) is 2.47. The number of hydrogen-bond acceptors (Lipinski definition) is 3. The molecule has 112 valence electrons. The Morgan fingerprint density at radius 1 is 1.05 bits per heavy atom. The van der Waals surface area contributed by atoms with Crippen LogP contribution in [0, 0.1) is 6.92 Å². The molecule has 0 saturated carbocycles. The Kier molecular flexibility index (Phi) is 5.65. The van der Waals surface area contributed by atoms with Crippen molar-refractivity contribution in [3.05, 3.63) is 57.6 Å². The van der Waals surface area contributed by atoms with Crippen molar-refractivity contribution in [2.24, 2.45) is 5.73 Å². The van der Waals surface area contributed by atoms with Crippen molar-refractivity contribution in [3.8, 4) is 11.5 Å². The zero-order chi connectivity index (χ0) is 15.2. The van der Waals surface area contributed by atoms with E-state index in [1.165, 1.54) is 5.56 Å². The Labute approximate surface area is 134 Å². The van der Waals surface area contributed by atoms with Crippen molar-refractivity contribution < 1.29 is 9.47 Å². The van der Waals surface area contributed by atoms with Crippen molar-refractivity contribution in [2.45, 2.75) is 20.0 Å². The maximum absolute atomic E-state index is 5.97. The van der Waals surface area contributed by atoms with Crippen LogP contribution in [-0.4, -0.2) is 13.7 Å². The molecule has 0 spiro atoms. The maximum Gasteiger partial charge on any atom is 0.125 e. The molecule has 0 aliphatic heterocycles. The Morgan fingerprint density at radius 2 is 1.81 bits per heavy atom. The molecule has 2 N–H and O–H groups in total. The first-order valence-electron chi connectivity index (χ1n) is 6.89. The van der Waals surface area contributed by atoms with Gasteiger partial charge in [0.05, 0.1) is 7.11 Å². The van der Waals surface area contributed by atoms with Crippen molar-refractivity contribution in [1.82, 2.24) is 0 Å². The third kappa shape index (κ3) is 4.22. The minimum Gasteiger partial charge on any atom is -0.496 e. The maximum atomic E-state index is 5.97. The Balaban J connectivity index is 2.18. The van der Waals surface area contributed by atoms with E-state index in [0.717, 1.165) is 33.5 Å². The summed E-state index contributed by atoms with van der Waals surface area (Å²) in [5, 5.41) is 0. The predicted molar refractivity (Wildman–Crippen MR) is 89.0 cm³/mol. The monoisotopic (exact) mass is 349 g/mol. The van der Waals surface area contributed by atoms with E-state index < -0.39 is 0 Å². The highest BCUT2D eigenvalue weighted by atomic mass is 79.9. The van der Waals surface area contributed by atoms with Gasteiger partial charge in [0.25, 0.3) is 0 Å². The van der Waals surface area contributed by atoms with E-state index in [1.807, 2.05) is 24.3 Å². The average molecular weight is 350 g/mol. The van der Waals surface area contributed by atoms with E-state index in [0.29, 0.717) is 13.2 Å². The highest BCUT2D eigenvalue weighted by molar-refractivity contribution is 9.10. The van der Waals surface area contributed by atoms with Gasteiger partial charge in [0.1, 0.15) is 18.1 Å². The number of ether oxygens (including phenoxy) is 2. The van der Waals surface area contributed by atoms with Crippen LogP contribution in [0.4, 0.5) is 0 Å². The lowest BCUT2D eigenvalue weighted by molar-refractivity contribution is 0.293. The smallest absolute Gasteiger partial charge is 0.125 e. The first kappa shape index (κ1) is 15.9. The lowest BCUT2D eigenvalue weighted by Crippen LogP contribution is -2.06. The summed E-state index contributed by atoms with van der Waals surface area (Å²) < 4.78 is 12.4. The molecule has 0 bridgehead atoms. The van der Waals surface area contributed by atoms with Gasteiger partial charge in [-0.15, -0.1) is 0 Å². The fraction of sp³-hybridized carbons (Fsp3) is 0.294. The van der Waals surface area contributed by atoms with Gasteiger partial charge in [0.15, 0.2) is 0 Å². The highest BCUT2D eigenvalue weighted by Crippen LogP contribution is 2.26. The molecule has 0 fully saturated rings. The van der Waals surface area contributed by atoms with Gasteiger partial charge in [0.2, 0.25) is 0 Å². The van der Waals surface area contributed by atoms with Gasteiger partial charge in [0, 0.05) is 10.0 Å². The SMILES string of the molecule is COc1ccc(C)cc1COc1ccc(Br)cc1CCN. The molecular weight excluding hydrogens is 330 g/mol. The highest BCUT2D eigenvalue weighted by Gasteiger charge is 2.08. The molecule has 2 aromatic carbocycles. The summed E-state index contributed by atoms with van der Waals surface area (Å²) in [4.78, 5) is 0. The molecule has 0 amide bonds. The molecule has 2 aromatic rings. The van der Waals surface area contributed by atoms with Gasteiger partial charge in [-0.05, 0) is 55.8 Å². The fourth-order valence-corrected chi connectivity index (χ4v) is 2.62. The van der Waals surface area contributed by atoms with Gasteiger partial charge < -0.3 is 15.2 Å². The van der Waals surface area contributed by atoms with Crippen molar-refractivity contribution >= 4 is 15.9 Å². The summed E-state index contributed by atoms with van der Waals surface area (Å²) in [6.07, 6.45) is 0.791. The lowest BCUT2D eigenvalue weighted by atomic mass is 10.1. The first-order chi connectivity index (χ1) is 10.1. The van der Waals surface area contributed by atoms with Crippen LogP contribution < -0.4 is 15.2 Å². The molecule has 0 aromatic heterocycles.